The molecule has 0 unspecified atom stereocenters. The zero-order chi connectivity index (χ0) is 17.9. The van der Waals surface area contributed by atoms with Gasteiger partial charge in [0.15, 0.2) is 5.71 Å². The van der Waals surface area contributed by atoms with Crippen molar-refractivity contribution in [2.45, 2.75) is 26.1 Å². The molecular formula is C15H15F3N2O4. The largest absolute Gasteiger partial charge is 0.471 e. The maximum atomic E-state index is 12.6. The van der Waals surface area contributed by atoms with E-state index in [9.17, 15) is 22.8 Å². The van der Waals surface area contributed by atoms with E-state index in [0.29, 0.717) is 10.5 Å². The Morgan fingerprint density at radius 3 is 2.62 bits per heavy atom. The van der Waals surface area contributed by atoms with Gasteiger partial charge in [-0.1, -0.05) is 17.3 Å². The number of alkyl halides is 3. The molecule has 1 aliphatic heterocycles. The predicted molar refractivity (Wildman–Crippen MR) is 76.6 cm³/mol. The van der Waals surface area contributed by atoms with Gasteiger partial charge in [0.25, 0.3) is 0 Å². The molecule has 130 valence electrons. The van der Waals surface area contributed by atoms with Crippen LogP contribution < -0.4 is 0 Å². The van der Waals surface area contributed by atoms with E-state index in [1.54, 1.807) is 13.0 Å². The number of oxime groups is 1. The Hall–Kier alpha value is -2.58. The van der Waals surface area contributed by atoms with Gasteiger partial charge in [0.05, 0.1) is 6.61 Å². The number of halogens is 3. The Morgan fingerprint density at radius 2 is 2.04 bits per heavy atom. The van der Waals surface area contributed by atoms with Crippen LogP contribution in [-0.2, 0) is 27.3 Å². The van der Waals surface area contributed by atoms with Crippen LogP contribution in [0.15, 0.2) is 23.4 Å². The van der Waals surface area contributed by atoms with E-state index in [4.69, 9.17) is 9.94 Å². The van der Waals surface area contributed by atoms with Gasteiger partial charge in [0.1, 0.15) is 0 Å². The fraction of sp³-hybridized carbons (Fsp3) is 0.400. The number of amides is 1. The zero-order valence-corrected chi connectivity index (χ0v) is 12.8. The van der Waals surface area contributed by atoms with Gasteiger partial charge in [0.2, 0.25) is 0 Å². The lowest BCUT2D eigenvalue weighted by atomic mass is 9.95. The van der Waals surface area contributed by atoms with Crippen molar-refractivity contribution < 1.29 is 32.7 Å². The molecular weight excluding hydrogens is 329 g/mol. The summed E-state index contributed by atoms with van der Waals surface area (Å²) in [7, 11) is 0. The second kappa shape index (κ2) is 6.90. The first-order valence-corrected chi connectivity index (χ1v) is 7.15. The molecule has 1 aromatic rings. The molecule has 9 heteroatoms. The van der Waals surface area contributed by atoms with E-state index < -0.39 is 18.1 Å². The van der Waals surface area contributed by atoms with Crippen molar-refractivity contribution in [3.8, 4) is 0 Å². The van der Waals surface area contributed by atoms with E-state index in [1.165, 1.54) is 12.1 Å². The first-order chi connectivity index (χ1) is 11.3. The molecule has 0 aliphatic carbocycles. The third kappa shape index (κ3) is 3.66. The number of hydrogen-bond donors (Lipinski definition) is 1. The minimum atomic E-state index is -4.93. The maximum Gasteiger partial charge on any atom is 0.471 e. The number of rotatable bonds is 3. The molecule has 0 spiro atoms. The molecule has 0 bridgehead atoms. The molecule has 1 heterocycles. The van der Waals surface area contributed by atoms with Gasteiger partial charge in [-0.2, -0.15) is 13.2 Å². The zero-order valence-electron chi connectivity index (χ0n) is 12.8. The monoisotopic (exact) mass is 344 g/mol. The lowest BCUT2D eigenvalue weighted by Crippen LogP contribution is -2.43. The number of carbonyl (C=O) groups excluding carboxylic acids is 2. The topological polar surface area (TPSA) is 79.2 Å². The van der Waals surface area contributed by atoms with Crippen LogP contribution in [0.1, 0.15) is 23.6 Å². The second-order valence-electron chi connectivity index (χ2n) is 5.13. The SMILES string of the molecule is CCOC(=O)C(=NO)c1ccc2c(c1)CN(C(=O)C(F)(F)F)CC2. The Labute approximate surface area is 135 Å². The number of hydrogen-bond acceptors (Lipinski definition) is 5. The average molecular weight is 344 g/mol. The quantitative estimate of drug-likeness (QED) is 0.393. The summed E-state index contributed by atoms with van der Waals surface area (Å²) in [6, 6.07) is 4.58. The van der Waals surface area contributed by atoms with Crippen LogP contribution in [0.4, 0.5) is 13.2 Å². The maximum absolute atomic E-state index is 12.6. The molecule has 0 aromatic heterocycles. The van der Waals surface area contributed by atoms with Gasteiger partial charge in [0, 0.05) is 18.7 Å². The fourth-order valence-electron chi connectivity index (χ4n) is 2.47. The standard InChI is InChI=1S/C15H15F3N2O4/c1-2-24-13(21)12(19-23)10-4-3-9-5-6-20(8-11(9)7-10)14(22)15(16,17)18/h3-4,7,23H,2,5-6,8H2,1H3. The third-order valence-corrected chi connectivity index (χ3v) is 3.59. The summed E-state index contributed by atoms with van der Waals surface area (Å²) in [4.78, 5) is 23.8. The number of carbonyl (C=O) groups is 2. The number of benzene rings is 1. The highest BCUT2D eigenvalue weighted by Gasteiger charge is 2.43. The summed E-state index contributed by atoms with van der Waals surface area (Å²) in [5.41, 5.74) is 1.09. The molecule has 0 atom stereocenters. The molecule has 0 saturated carbocycles. The van der Waals surface area contributed by atoms with Gasteiger partial charge in [-0.3, -0.25) is 4.79 Å². The molecule has 0 radical (unpaired) electrons. The third-order valence-electron chi connectivity index (χ3n) is 3.59. The molecule has 0 saturated heterocycles. The van der Waals surface area contributed by atoms with Crippen molar-refractivity contribution >= 4 is 17.6 Å². The van der Waals surface area contributed by atoms with Gasteiger partial charge in [-0.15, -0.1) is 0 Å². The van der Waals surface area contributed by atoms with E-state index >= 15 is 0 Å². The Morgan fingerprint density at radius 1 is 1.33 bits per heavy atom. The van der Waals surface area contributed by atoms with Crippen molar-refractivity contribution in [1.82, 2.24) is 4.90 Å². The average Bonchev–Trinajstić information content (AvgIpc) is 2.53. The van der Waals surface area contributed by atoms with Gasteiger partial charge >= 0.3 is 18.1 Å². The lowest BCUT2D eigenvalue weighted by molar-refractivity contribution is -0.186. The predicted octanol–water partition coefficient (Wildman–Crippen LogP) is 1.88. The molecule has 1 amide bonds. The van der Waals surface area contributed by atoms with E-state index in [2.05, 4.69) is 5.16 Å². The van der Waals surface area contributed by atoms with E-state index in [-0.39, 0.29) is 37.4 Å². The summed E-state index contributed by atoms with van der Waals surface area (Å²) in [6.07, 6.45) is -4.67. The molecule has 2 rings (SSSR count). The number of nitrogens with zero attached hydrogens (tertiary/aromatic N) is 2. The smallest absolute Gasteiger partial charge is 0.461 e. The summed E-state index contributed by atoms with van der Waals surface area (Å²) in [6.45, 7) is 1.39. The van der Waals surface area contributed by atoms with Crippen molar-refractivity contribution in [2.75, 3.05) is 13.2 Å². The van der Waals surface area contributed by atoms with E-state index in [0.717, 1.165) is 5.56 Å². The Bertz CT molecular complexity index is 686. The highest BCUT2D eigenvalue weighted by Crippen LogP contribution is 2.25. The van der Waals surface area contributed by atoms with Crippen molar-refractivity contribution in [3.63, 3.8) is 0 Å². The molecule has 24 heavy (non-hydrogen) atoms. The Balaban J connectivity index is 2.28. The lowest BCUT2D eigenvalue weighted by Gasteiger charge is -2.29. The summed E-state index contributed by atoms with van der Waals surface area (Å²) in [5.74, 6) is -2.75. The molecule has 6 nitrogen and oxygen atoms in total. The van der Waals surface area contributed by atoms with Crippen molar-refractivity contribution in [1.29, 1.82) is 0 Å². The van der Waals surface area contributed by atoms with Crippen LogP contribution in [0.25, 0.3) is 0 Å². The van der Waals surface area contributed by atoms with E-state index in [1.807, 2.05) is 0 Å². The summed E-state index contributed by atoms with van der Waals surface area (Å²) < 4.78 is 42.4. The van der Waals surface area contributed by atoms with Crippen LogP contribution in [0.3, 0.4) is 0 Å². The summed E-state index contributed by atoms with van der Waals surface area (Å²) in [5, 5.41) is 11.9. The first-order valence-electron chi connectivity index (χ1n) is 7.15. The minimum absolute atomic E-state index is 0.0382. The van der Waals surface area contributed by atoms with Crippen molar-refractivity contribution in [3.05, 3.63) is 34.9 Å². The summed E-state index contributed by atoms with van der Waals surface area (Å²) >= 11 is 0. The number of ether oxygens (including phenoxy) is 1. The number of fused-ring (bicyclic) bond motifs is 1. The van der Waals surface area contributed by atoms with Crippen LogP contribution in [0.2, 0.25) is 0 Å². The number of esters is 1. The molecule has 1 aromatic carbocycles. The molecule has 0 fully saturated rings. The molecule has 1 N–H and O–H groups in total. The molecule has 1 aliphatic rings. The van der Waals surface area contributed by atoms with Crippen LogP contribution in [0.5, 0.6) is 0 Å². The normalized spacial score (nSPS) is 15.0. The van der Waals surface area contributed by atoms with Gasteiger partial charge in [-0.25, -0.2) is 4.79 Å². The van der Waals surface area contributed by atoms with Crippen LogP contribution in [0, 0.1) is 0 Å². The second-order valence-corrected chi connectivity index (χ2v) is 5.13. The highest BCUT2D eigenvalue weighted by molar-refractivity contribution is 6.43. The van der Waals surface area contributed by atoms with Crippen LogP contribution in [-0.4, -0.2) is 47.0 Å². The van der Waals surface area contributed by atoms with Gasteiger partial charge < -0.3 is 14.8 Å². The van der Waals surface area contributed by atoms with Crippen molar-refractivity contribution in [2.24, 2.45) is 5.16 Å². The highest BCUT2D eigenvalue weighted by atomic mass is 19.4. The first kappa shape index (κ1) is 17.8. The van der Waals surface area contributed by atoms with Crippen LogP contribution >= 0.6 is 0 Å². The van der Waals surface area contributed by atoms with Gasteiger partial charge in [-0.05, 0) is 30.5 Å². The fourth-order valence-corrected chi connectivity index (χ4v) is 2.47. The minimum Gasteiger partial charge on any atom is -0.461 e. The Kier molecular flexibility index (Phi) is 5.10.